The lowest BCUT2D eigenvalue weighted by Crippen LogP contribution is -2.31. The zero-order valence-electron chi connectivity index (χ0n) is 16.4. The highest BCUT2D eigenvalue weighted by Crippen LogP contribution is 2.30. The van der Waals surface area contributed by atoms with Crippen LogP contribution in [0.25, 0.3) is 0 Å². The number of fused-ring (bicyclic) bond motifs is 1. The Hall–Kier alpha value is -3.29. The van der Waals surface area contributed by atoms with Crippen LogP contribution in [0, 0.1) is 6.92 Å². The van der Waals surface area contributed by atoms with Gasteiger partial charge in [0.15, 0.2) is 0 Å². The molecule has 156 valence electrons. The van der Waals surface area contributed by atoms with E-state index in [0.717, 1.165) is 28.3 Å². The Kier molecular flexibility index (Phi) is 5.48. The number of nitrogens with zero attached hydrogens (tertiary/aromatic N) is 3. The summed E-state index contributed by atoms with van der Waals surface area (Å²) in [5, 5.41) is 3.33. The van der Waals surface area contributed by atoms with E-state index in [1.807, 2.05) is 43.3 Å². The number of hydrogen-bond acceptors (Lipinski definition) is 5. The number of hydrogen-bond donors (Lipinski definition) is 1. The molecule has 0 radical (unpaired) electrons. The summed E-state index contributed by atoms with van der Waals surface area (Å²) in [6.07, 6.45) is -4.07. The quantitative estimate of drug-likeness (QED) is 0.646. The van der Waals surface area contributed by atoms with Gasteiger partial charge in [-0.3, -0.25) is 0 Å². The van der Waals surface area contributed by atoms with Crippen molar-refractivity contribution in [3.63, 3.8) is 0 Å². The van der Waals surface area contributed by atoms with Crippen molar-refractivity contribution in [1.82, 2.24) is 9.97 Å². The Balaban J connectivity index is 1.48. The molecule has 1 aromatic heterocycles. The van der Waals surface area contributed by atoms with Gasteiger partial charge in [0.25, 0.3) is 0 Å². The first kappa shape index (κ1) is 20.0. The van der Waals surface area contributed by atoms with Gasteiger partial charge in [-0.1, -0.05) is 36.4 Å². The van der Waals surface area contributed by atoms with Crippen LogP contribution in [0.3, 0.4) is 0 Å². The molecule has 0 spiro atoms. The Morgan fingerprint density at radius 2 is 1.83 bits per heavy atom. The first-order valence-electron chi connectivity index (χ1n) is 9.62. The fourth-order valence-electron chi connectivity index (χ4n) is 3.51. The molecule has 0 amide bonds. The average Bonchev–Trinajstić information content (AvgIpc) is 2.71. The van der Waals surface area contributed by atoms with Gasteiger partial charge in [-0.15, -0.1) is 13.2 Å². The van der Waals surface area contributed by atoms with Gasteiger partial charge in [-0.25, -0.2) is 9.97 Å². The minimum absolute atomic E-state index is 0.181. The van der Waals surface area contributed by atoms with E-state index >= 15 is 0 Å². The average molecular weight is 414 g/mol. The summed E-state index contributed by atoms with van der Waals surface area (Å²) in [6, 6.07) is 16.5. The lowest BCUT2D eigenvalue weighted by Gasteiger charge is -2.30. The molecule has 4 rings (SSSR count). The van der Waals surface area contributed by atoms with Gasteiger partial charge in [0.2, 0.25) is 0 Å². The Morgan fingerprint density at radius 1 is 1.03 bits per heavy atom. The molecule has 8 heteroatoms. The van der Waals surface area contributed by atoms with Crippen LogP contribution in [0.2, 0.25) is 0 Å². The Labute approximate surface area is 172 Å². The third-order valence-corrected chi connectivity index (χ3v) is 4.89. The van der Waals surface area contributed by atoms with E-state index in [2.05, 4.69) is 24.9 Å². The summed E-state index contributed by atoms with van der Waals surface area (Å²) in [6.45, 7) is 3.71. The number of nitrogens with one attached hydrogen (secondary N) is 1. The minimum Gasteiger partial charge on any atom is -0.406 e. The van der Waals surface area contributed by atoms with Gasteiger partial charge >= 0.3 is 6.36 Å². The highest BCUT2D eigenvalue weighted by Gasteiger charge is 2.31. The molecule has 1 N–H and O–H groups in total. The van der Waals surface area contributed by atoms with Crippen LogP contribution in [0.5, 0.6) is 5.75 Å². The number of aryl methyl sites for hydroxylation is 1. The predicted molar refractivity (Wildman–Crippen MR) is 108 cm³/mol. The van der Waals surface area contributed by atoms with Gasteiger partial charge in [0.1, 0.15) is 23.2 Å². The number of aromatic nitrogens is 2. The smallest absolute Gasteiger partial charge is 0.406 e. The molecule has 0 fully saturated rings. The van der Waals surface area contributed by atoms with Gasteiger partial charge in [0, 0.05) is 25.7 Å². The van der Waals surface area contributed by atoms with Gasteiger partial charge in [-0.2, -0.15) is 0 Å². The summed E-state index contributed by atoms with van der Waals surface area (Å²) >= 11 is 0. The van der Waals surface area contributed by atoms with Crippen LogP contribution in [0.4, 0.5) is 24.8 Å². The summed E-state index contributed by atoms with van der Waals surface area (Å²) in [5.41, 5.74) is 2.98. The molecule has 30 heavy (non-hydrogen) atoms. The van der Waals surface area contributed by atoms with E-state index in [9.17, 15) is 13.2 Å². The Morgan fingerprint density at radius 3 is 2.60 bits per heavy atom. The van der Waals surface area contributed by atoms with Crippen molar-refractivity contribution >= 4 is 11.6 Å². The number of alkyl halides is 3. The van der Waals surface area contributed by atoms with Crippen LogP contribution in [0.15, 0.2) is 54.6 Å². The molecule has 2 aromatic carbocycles. The molecular formula is C22H21F3N4O. The van der Waals surface area contributed by atoms with Crippen molar-refractivity contribution in [3.8, 4) is 5.75 Å². The molecule has 3 aromatic rings. The molecule has 0 saturated heterocycles. The van der Waals surface area contributed by atoms with Crippen LogP contribution in [0.1, 0.15) is 22.5 Å². The van der Waals surface area contributed by atoms with Gasteiger partial charge in [-0.05, 0) is 42.2 Å². The summed E-state index contributed by atoms with van der Waals surface area (Å²) in [5.74, 6) is 2.00. The fourth-order valence-corrected chi connectivity index (χ4v) is 3.51. The summed E-state index contributed by atoms with van der Waals surface area (Å²) in [7, 11) is 0. The first-order chi connectivity index (χ1) is 14.4. The first-order valence-corrected chi connectivity index (χ1v) is 9.62. The normalized spacial score (nSPS) is 13.7. The standard InChI is InChI=1S/C22H21F3N4O/c1-15-27-20(26-13-16-5-3-2-4-6-16)12-21(28-15)29-10-9-17-11-19(30-22(23,24)25)8-7-18(17)14-29/h2-8,11-12H,9-10,13-14H2,1H3,(H,26,27,28). The number of rotatable bonds is 5. The number of ether oxygens (including phenoxy) is 1. The highest BCUT2D eigenvalue weighted by atomic mass is 19.4. The maximum Gasteiger partial charge on any atom is 0.573 e. The molecule has 0 atom stereocenters. The zero-order valence-corrected chi connectivity index (χ0v) is 16.4. The molecule has 2 heterocycles. The van der Waals surface area contributed by atoms with E-state index in [-0.39, 0.29) is 5.75 Å². The van der Waals surface area contributed by atoms with Crippen LogP contribution < -0.4 is 15.0 Å². The van der Waals surface area contributed by atoms with Gasteiger partial charge in [0.05, 0.1) is 0 Å². The van der Waals surface area contributed by atoms with Gasteiger partial charge < -0.3 is 15.0 Å². The SMILES string of the molecule is Cc1nc(NCc2ccccc2)cc(N2CCc3cc(OC(F)(F)F)ccc3C2)n1. The number of halogens is 3. The van der Waals surface area contributed by atoms with Crippen molar-refractivity contribution in [2.24, 2.45) is 0 Å². The van der Waals surface area contributed by atoms with Crippen molar-refractivity contribution in [2.45, 2.75) is 32.8 Å². The predicted octanol–water partition coefficient (Wildman–Crippen LogP) is 4.86. The molecule has 0 saturated carbocycles. The molecule has 0 unspecified atom stereocenters. The summed E-state index contributed by atoms with van der Waals surface area (Å²) in [4.78, 5) is 11.1. The minimum atomic E-state index is -4.68. The maximum absolute atomic E-state index is 12.5. The van der Waals surface area contributed by atoms with Crippen molar-refractivity contribution < 1.29 is 17.9 Å². The van der Waals surface area contributed by atoms with E-state index < -0.39 is 6.36 Å². The number of anilines is 2. The zero-order chi connectivity index (χ0) is 21.1. The second kappa shape index (κ2) is 8.22. The van der Waals surface area contributed by atoms with E-state index in [1.165, 1.54) is 12.1 Å². The van der Waals surface area contributed by atoms with Crippen molar-refractivity contribution in [2.75, 3.05) is 16.8 Å². The van der Waals surface area contributed by atoms with Crippen molar-refractivity contribution in [1.29, 1.82) is 0 Å². The van der Waals surface area contributed by atoms with Crippen LogP contribution >= 0.6 is 0 Å². The second-order valence-electron chi connectivity index (χ2n) is 7.15. The molecule has 5 nitrogen and oxygen atoms in total. The molecule has 0 bridgehead atoms. The monoisotopic (exact) mass is 414 g/mol. The molecular weight excluding hydrogens is 393 g/mol. The van der Waals surface area contributed by atoms with E-state index in [1.54, 1.807) is 6.07 Å². The third kappa shape index (κ3) is 5.00. The molecule has 1 aliphatic heterocycles. The lowest BCUT2D eigenvalue weighted by molar-refractivity contribution is -0.274. The Bertz CT molecular complexity index is 1020. The maximum atomic E-state index is 12.5. The third-order valence-electron chi connectivity index (χ3n) is 4.89. The molecule has 1 aliphatic rings. The number of benzene rings is 2. The molecule has 0 aliphatic carbocycles. The topological polar surface area (TPSA) is 50.3 Å². The van der Waals surface area contributed by atoms with Crippen LogP contribution in [-0.4, -0.2) is 22.9 Å². The van der Waals surface area contributed by atoms with E-state index in [4.69, 9.17) is 0 Å². The van der Waals surface area contributed by atoms with E-state index in [0.29, 0.717) is 31.9 Å². The van der Waals surface area contributed by atoms with Crippen molar-refractivity contribution in [3.05, 3.63) is 77.1 Å². The summed E-state index contributed by atoms with van der Waals surface area (Å²) < 4.78 is 41.4. The largest absolute Gasteiger partial charge is 0.573 e. The fraction of sp³-hybridized carbons (Fsp3) is 0.273. The van der Waals surface area contributed by atoms with Crippen LogP contribution in [-0.2, 0) is 19.5 Å². The highest BCUT2D eigenvalue weighted by molar-refractivity contribution is 5.52. The lowest BCUT2D eigenvalue weighted by atomic mass is 9.99. The second-order valence-corrected chi connectivity index (χ2v) is 7.15.